The Hall–Kier alpha value is -5.41. The lowest BCUT2D eigenvalue weighted by molar-refractivity contribution is -0.141. The minimum Gasteiger partial charge on any atom is -0.444 e. The predicted octanol–water partition coefficient (Wildman–Crippen LogP) is 2.80. The van der Waals surface area contributed by atoms with Gasteiger partial charge in [-0.25, -0.2) is 40.1 Å². The number of rotatable bonds is 5. The lowest BCUT2D eigenvalue weighted by Crippen LogP contribution is -2.58. The average molecular weight is 873 g/mol. The van der Waals surface area contributed by atoms with Gasteiger partial charge in [0.1, 0.15) is 40.3 Å². The van der Waals surface area contributed by atoms with Crippen LogP contribution in [0.2, 0.25) is 0 Å². The third-order valence-corrected chi connectivity index (χ3v) is 14.2. The van der Waals surface area contributed by atoms with Crippen molar-refractivity contribution < 1.29 is 49.5 Å². The zero-order chi connectivity index (χ0) is 43.0. The third kappa shape index (κ3) is 8.73. The summed E-state index contributed by atoms with van der Waals surface area (Å²) in [4.78, 5) is 62.3. The largest absolute Gasteiger partial charge is 0.444 e. The summed E-state index contributed by atoms with van der Waals surface area (Å²) in [6.45, 7) is 3.65. The molecule has 2 aromatic carbocycles. The molecule has 1 aromatic heterocycles. The number of hydrogen-bond acceptors (Lipinski definition) is 11. The Morgan fingerprint density at radius 1 is 1.08 bits per heavy atom. The monoisotopic (exact) mass is 872 g/mol. The van der Waals surface area contributed by atoms with E-state index in [0.29, 0.717) is 49.8 Å². The molecule has 4 aliphatic rings. The number of hydrogen-bond donors (Lipinski definition) is 4. The van der Waals surface area contributed by atoms with Crippen LogP contribution in [-0.2, 0) is 59.3 Å². The zero-order valence-electron chi connectivity index (χ0n) is 32.7. The molecule has 3 aliphatic heterocycles. The molecule has 0 bridgehead atoms. The summed E-state index contributed by atoms with van der Waals surface area (Å²) in [5.41, 5.74) is -0.877. The topological polar surface area (TPSA) is 218 Å². The summed E-state index contributed by atoms with van der Waals surface area (Å²) in [5, 5.41) is 5.28. The fourth-order valence-corrected chi connectivity index (χ4v) is 10.7. The number of ether oxygens (including phenoxy) is 1. The van der Waals surface area contributed by atoms with Crippen LogP contribution < -0.4 is 20.1 Å². The SMILES string of the molecule is C=C[C@@H]1C[C@@]12NC(=O)[C@@H]1C[C@@H](OC(=O)N3Cc4cccc(F)c4C3)CN1C(=O)[C@@H](NS(=O)(=O)c1nccn1C)CCCCCCCNc1ccc(F)cc1S(=O)(=O)NC2=O. The lowest BCUT2D eigenvalue weighted by atomic mass is 10.0. The van der Waals surface area contributed by atoms with Crippen LogP contribution in [0.15, 0.2) is 71.5 Å². The van der Waals surface area contributed by atoms with Gasteiger partial charge in [-0.1, -0.05) is 43.9 Å². The maximum absolute atomic E-state index is 14.6. The van der Waals surface area contributed by atoms with E-state index in [4.69, 9.17) is 4.74 Å². The van der Waals surface area contributed by atoms with Gasteiger partial charge in [-0.2, -0.15) is 4.72 Å². The molecule has 5 atom stereocenters. The summed E-state index contributed by atoms with van der Waals surface area (Å²) in [7, 11) is -7.63. The Balaban J connectivity index is 1.20. The van der Waals surface area contributed by atoms with E-state index < -0.39 is 90.0 Å². The Labute approximate surface area is 346 Å². The molecule has 1 aliphatic carbocycles. The van der Waals surface area contributed by atoms with Gasteiger partial charge in [0.25, 0.3) is 26.0 Å². The Morgan fingerprint density at radius 3 is 2.57 bits per heavy atom. The fourth-order valence-electron chi connectivity index (χ4n) is 8.08. The molecule has 0 unspecified atom stereocenters. The molecule has 1 saturated carbocycles. The number of halogens is 2. The maximum atomic E-state index is 14.6. The first-order valence-electron chi connectivity index (χ1n) is 19.6. The molecule has 21 heteroatoms. The lowest BCUT2D eigenvalue weighted by Gasteiger charge is -2.29. The van der Waals surface area contributed by atoms with E-state index in [0.717, 1.165) is 17.0 Å². The minimum atomic E-state index is -4.72. The molecular formula is C39H46F2N8O9S2. The average Bonchev–Trinajstić information content (AvgIpc) is 3.54. The molecule has 3 aromatic rings. The van der Waals surface area contributed by atoms with E-state index in [1.165, 1.54) is 53.2 Å². The van der Waals surface area contributed by atoms with Crippen LogP contribution in [0.5, 0.6) is 0 Å². The number of sulfonamides is 2. The summed E-state index contributed by atoms with van der Waals surface area (Å²) < 4.78 is 95.1. The van der Waals surface area contributed by atoms with Gasteiger partial charge in [-0.15, -0.1) is 6.58 Å². The number of aryl methyl sites for hydroxylation is 1. The number of anilines is 1. The number of amides is 4. The highest BCUT2D eigenvalue weighted by Crippen LogP contribution is 2.45. The van der Waals surface area contributed by atoms with Gasteiger partial charge in [-0.05, 0) is 49.1 Å². The van der Waals surface area contributed by atoms with Crippen molar-refractivity contribution in [3.8, 4) is 0 Å². The first-order chi connectivity index (χ1) is 28.5. The number of fused-ring (bicyclic) bond motifs is 3. The van der Waals surface area contributed by atoms with E-state index in [-0.39, 0.29) is 49.7 Å². The molecule has 322 valence electrons. The molecule has 60 heavy (non-hydrogen) atoms. The number of nitrogens with zero attached hydrogens (tertiary/aromatic N) is 4. The van der Waals surface area contributed by atoms with Crippen molar-refractivity contribution in [2.75, 3.05) is 18.4 Å². The van der Waals surface area contributed by atoms with Crippen molar-refractivity contribution in [2.24, 2.45) is 13.0 Å². The smallest absolute Gasteiger partial charge is 0.410 e. The van der Waals surface area contributed by atoms with Crippen LogP contribution in [0, 0.1) is 17.6 Å². The summed E-state index contributed by atoms with van der Waals surface area (Å²) in [6, 6.07) is 4.76. The first-order valence-corrected chi connectivity index (χ1v) is 22.6. The van der Waals surface area contributed by atoms with Crippen LogP contribution in [0.3, 0.4) is 0 Å². The number of aromatic nitrogens is 2. The summed E-state index contributed by atoms with van der Waals surface area (Å²) in [6.07, 6.45) is 4.63. The van der Waals surface area contributed by atoms with Crippen LogP contribution >= 0.6 is 0 Å². The summed E-state index contributed by atoms with van der Waals surface area (Å²) in [5.74, 6) is -4.96. The van der Waals surface area contributed by atoms with Gasteiger partial charge in [-0.3, -0.25) is 19.3 Å². The van der Waals surface area contributed by atoms with Crippen molar-refractivity contribution in [2.45, 2.75) is 98.2 Å². The van der Waals surface area contributed by atoms with E-state index >= 15 is 0 Å². The fraction of sp³-hybridized carbons (Fsp3) is 0.462. The predicted molar refractivity (Wildman–Crippen MR) is 210 cm³/mol. The Morgan fingerprint density at radius 2 is 1.85 bits per heavy atom. The highest BCUT2D eigenvalue weighted by molar-refractivity contribution is 7.90. The molecule has 7 rings (SSSR count). The van der Waals surface area contributed by atoms with Gasteiger partial charge in [0.15, 0.2) is 0 Å². The van der Waals surface area contributed by atoms with Crippen molar-refractivity contribution in [1.82, 2.24) is 34.1 Å². The molecule has 4 amide bonds. The minimum absolute atomic E-state index is 0.0231. The second-order valence-electron chi connectivity index (χ2n) is 15.5. The first kappa shape index (κ1) is 42.7. The van der Waals surface area contributed by atoms with E-state index in [9.17, 15) is 44.8 Å². The van der Waals surface area contributed by atoms with Crippen molar-refractivity contribution >= 4 is 49.5 Å². The molecule has 0 radical (unpaired) electrons. The number of imidazole rings is 1. The normalized spacial score (nSPS) is 26.2. The zero-order valence-corrected chi connectivity index (χ0v) is 34.4. The number of nitrogens with one attached hydrogen (secondary N) is 4. The van der Waals surface area contributed by atoms with Gasteiger partial charge in [0, 0.05) is 50.4 Å². The molecule has 1 saturated heterocycles. The molecule has 4 N–H and O–H groups in total. The Bertz CT molecular complexity index is 2430. The quantitative estimate of drug-likeness (QED) is 0.274. The summed E-state index contributed by atoms with van der Waals surface area (Å²) >= 11 is 0. The molecule has 2 fully saturated rings. The van der Waals surface area contributed by atoms with Crippen molar-refractivity contribution in [3.63, 3.8) is 0 Å². The third-order valence-electron chi connectivity index (χ3n) is 11.4. The van der Waals surface area contributed by atoms with Gasteiger partial charge in [0.2, 0.25) is 17.0 Å². The van der Waals surface area contributed by atoms with Crippen molar-refractivity contribution in [3.05, 3.63) is 84.2 Å². The Kier molecular flexibility index (Phi) is 12.0. The highest BCUT2D eigenvalue weighted by Gasteiger charge is 2.61. The molecule has 4 heterocycles. The highest BCUT2D eigenvalue weighted by atomic mass is 32.2. The standard InChI is InChI=1S/C39H46F2N8O9S2/c1-3-25-20-39(25)36(52)46-59(54,55)33-18-26(40)13-14-30(33)42-15-8-6-4-5-7-12-31(45-60(56,57)37-43-16-17-47(37)2)35(51)49-22-27(19-32(49)34(50)44-39)58-38(53)48-21-24-10-9-11-29(41)28(24)23-48/h3,9-11,13-14,16-18,25,27,31-32,42,45H,1,4-8,12,15,19-23H2,2H3,(H,44,50)(H,46,52)/t25-,27-,31+,32+,39-/m1/s1. The molecular weight excluding hydrogens is 827 g/mol. The van der Waals surface area contributed by atoms with E-state index in [2.05, 4.69) is 26.9 Å². The van der Waals surface area contributed by atoms with Gasteiger partial charge < -0.3 is 24.8 Å². The van der Waals surface area contributed by atoms with Crippen LogP contribution in [0.25, 0.3) is 0 Å². The van der Waals surface area contributed by atoms with Crippen LogP contribution in [0.4, 0.5) is 19.3 Å². The van der Waals surface area contributed by atoms with Gasteiger partial charge in [0.05, 0.1) is 18.8 Å². The van der Waals surface area contributed by atoms with Crippen molar-refractivity contribution in [1.29, 1.82) is 0 Å². The van der Waals surface area contributed by atoms with Gasteiger partial charge >= 0.3 is 6.09 Å². The number of carbonyl (C=O) groups is 4. The van der Waals surface area contributed by atoms with Crippen LogP contribution in [-0.4, -0.2) is 96.8 Å². The maximum Gasteiger partial charge on any atom is 0.410 e. The van der Waals surface area contributed by atoms with Crippen LogP contribution in [0.1, 0.15) is 62.5 Å². The second kappa shape index (κ2) is 16.9. The van der Waals surface area contributed by atoms with E-state index in [1.54, 1.807) is 6.07 Å². The molecule has 17 nitrogen and oxygen atoms in total. The second-order valence-corrected chi connectivity index (χ2v) is 18.8. The number of carbonyl (C=O) groups excluding carboxylic acids is 4. The number of benzene rings is 2. The molecule has 1 spiro atoms. The van der Waals surface area contributed by atoms with E-state index in [1.807, 2.05) is 4.72 Å².